The van der Waals surface area contributed by atoms with Crippen LogP contribution in [0.2, 0.25) is 0 Å². The van der Waals surface area contributed by atoms with Crippen molar-refractivity contribution in [2.45, 2.75) is 52.5 Å². The van der Waals surface area contributed by atoms with Gasteiger partial charge in [0.1, 0.15) is 5.52 Å². The summed E-state index contributed by atoms with van der Waals surface area (Å²) in [5.74, 6) is 7.15. The van der Waals surface area contributed by atoms with Crippen LogP contribution in [0.3, 0.4) is 0 Å². The molecular formula is C20H31N5O3S. The molecule has 0 amide bonds. The quantitative estimate of drug-likeness (QED) is 0.449. The Morgan fingerprint density at radius 1 is 1.34 bits per heavy atom. The van der Waals surface area contributed by atoms with Crippen LogP contribution in [0.15, 0.2) is 6.33 Å². The number of unbranched alkanes of at least 4 members (excludes halogenated alkanes) is 2. The molecule has 8 nitrogen and oxygen atoms in total. The SMILES string of the molecule is CCCCC#Cc1c(C(C)C)nc(N)c2ncn(CCOCCNS(C)(=O)=O)c12. The topological polar surface area (TPSA) is 112 Å². The Labute approximate surface area is 173 Å². The number of pyridine rings is 1. The first kappa shape index (κ1) is 23.1. The van der Waals surface area contributed by atoms with Crippen molar-refractivity contribution in [1.82, 2.24) is 19.3 Å². The smallest absolute Gasteiger partial charge is 0.208 e. The zero-order valence-electron chi connectivity index (χ0n) is 17.7. The first-order valence-electron chi connectivity index (χ1n) is 9.90. The van der Waals surface area contributed by atoms with Crippen molar-refractivity contribution < 1.29 is 13.2 Å². The summed E-state index contributed by atoms with van der Waals surface area (Å²) in [7, 11) is -3.20. The highest BCUT2D eigenvalue weighted by Gasteiger charge is 2.18. The average Bonchev–Trinajstić information content (AvgIpc) is 3.06. The maximum Gasteiger partial charge on any atom is 0.208 e. The fourth-order valence-corrected chi connectivity index (χ4v) is 3.34. The van der Waals surface area contributed by atoms with Crippen LogP contribution in [-0.2, 0) is 21.3 Å². The number of fused-ring (bicyclic) bond motifs is 1. The molecule has 0 aliphatic carbocycles. The molecule has 2 aromatic heterocycles. The van der Waals surface area contributed by atoms with E-state index in [1.165, 1.54) is 0 Å². The number of nitrogens with one attached hydrogen (secondary N) is 1. The van der Waals surface area contributed by atoms with Gasteiger partial charge in [0, 0.05) is 19.5 Å². The Hall–Kier alpha value is -2.15. The number of ether oxygens (including phenoxy) is 1. The standard InChI is InChI=1S/C20H31N5O3S/c1-5-6-7-8-9-16-17(15(2)3)24-20(21)18-19(16)25(14-22-18)11-13-28-12-10-23-29(4,26)27/h14-15,23H,5-7,10-13H2,1-4H3,(H2,21,24). The van der Waals surface area contributed by atoms with Crippen molar-refractivity contribution in [2.75, 3.05) is 31.7 Å². The molecule has 0 unspecified atom stereocenters. The number of imidazole rings is 1. The molecule has 0 bridgehead atoms. The van der Waals surface area contributed by atoms with Gasteiger partial charge in [0.25, 0.3) is 0 Å². The van der Waals surface area contributed by atoms with E-state index in [0.717, 1.165) is 42.3 Å². The van der Waals surface area contributed by atoms with Crippen molar-refractivity contribution in [2.24, 2.45) is 0 Å². The second-order valence-corrected chi connectivity index (χ2v) is 9.06. The third-order valence-corrected chi connectivity index (χ3v) is 5.05. The molecule has 0 aliphatic heterocycles. The summed E-state index contributed by atoms with van der Waals surface area (Å²) in [5, 5.41) is 0. The van der Waals surface area contributed by atoms with E-state index in [-0.39, 0.29) is 12.5 Å². The van der Waals surface area contributed by atoms with Gasteiger partial charge in [0.2, 0.25) is 10.0 Å². The maximum absolute atomic E-state index is 11.1. The lowest BCUT2D eigenvalue weighted by atomic mass is 10.0. The van der Waals surface area contributed by atoms with Gasteiger partial charge in [-0.3, -0.25) is 0 Å². The molecule has 29 heavy (non-hydrogen) atoms. The summed E-state index contributed by atoms with van der Waals surface area (Å²) < 4.78 is 32.1. The van der Waals surface area contributed by atoms with Crippen molar-refractivity contribution >= 4 is 26.9 Å². The molecule has 0 radical (unpaired) electrons. The van der Waals surface area contributed by atoms with Crippen LogP contribution >= 0.6 is 0 Å². The van der Waals surface area contributed by atoms with E-state index in [1.54, 1.807) is 6.33 Å². The number of nitrogens with two attached hydrogens (primary N) is 1. The van der Waals surface area contributed by atoms with E-state index in [4.69, 9.17) is 10.5 Å². The number of aromatic nitrogens is 3. The molecule has 2 aromatic rings. The van der Waals surface area contributed by atoms with Crippen LogP contribution in [0.4, 0.5) is 5.82 Å². The van der Waals surface area contributed by atoms with E-state index >= 15 is 0 Å². The Balaban J connectivity index is 2.23. The Bertz CT molecular complexity index is 987. The molecule has 160 valence electrons. The second-order valence-electron chi connectivity index (χ2n) is 7.23. The predicted octanol–water partition coefficient (Wildman–Crippen LogP) is 2.24. The number of nitrogen functional groups attached to an aromatic ring is 1. The zero-order chi connectivity index (χ0) is 21.4. The van der Waals surface area contributed by atoms with E-state index in [2.05, 4.69) is 47.3 Å². The molecular weight excluding hydrogens is 390 g/mol. The highest BCUT2D eigenvalue weighted by Crippen LogP contribution is 2.28. The number of anilines is 1. The van der Waals surface area contributed by atoms with E-state index in [9.17, 15) is 8.42 Å². The third kappa shape index (κ3) is 6.70. The van der Waals surface area contributed by atoms with Gasteiger partial charge in [-0.2, -0.15) is 0 Å². The molecule has 0 aromatic carbocycles. The molecule has 0 aliphatic rings. The van der Waals surface area contributed by atoms with Gasteiger partial charge in [-0.05, 0) is 12.3 Å². The number of hydrogen-bond donors (Lipinski definition) is 2. The first-order chi connectivity index (χ1) is 13.7. The Morgan fingerprint density at radius 3 is 2.76 bits per heavy atom. The normalized spacial score (nSPS) is 11.8. The van der Waals surface area contributed by atoms with Gasteiger partial charge in [0.05, 0.1) is 42.6 Å². The molecule has 2 heterocycles. The lowest BCUT2D eigenvalue weighted by molar-refractivity contribution is 0.132. The lowest BCUT2D eigenvalue weighted by Gasteiger charge is -2.13. The molecule has 2 rings (SSSR count). The van der Waals surface area contributed by atoms with Crippen molar-refractivity contribution in [1.29, 1.82) is 0 Å². The number of sulfonamides is 1. The fraction of sp³-hybridized carbons (Fsp3) is 0.600. The summed E-state index contributed by atoms with van der Waals surface area (Å²) in [6, 6.07) is 0. The predicted molar refractivity (Wildman–Crippen MR) is 116 cm³/mol. The Kier molecular flexibility index (Phi) is 8.44. The van der Waals surface area contributed by atoms with Crippen molar-refractivity contribution in [3.8, 4) is 11.8 Å². The minimum absolute atomic E-state index is 0.179. The molecule has 0 atom stereocenters. The number of rotatable bonds is 10. The van der Waals surface area contributed by atoms with Gasteiger partial charge in [0.15, 0.2) is 5.82 Å². The number of nitrogens with zero attached hydrogens (tertiary/aromatic N) is 3. The molecule has 3 N–H and O–H groups in total. The van der Waals surface area contributed by atoms with Crippen LogP contribution in [0.25, 0.3) is 11.0 Å². The van der Waals surface area contributed by atoms with Crippen LogP contribution < -0.4 is 10.5 Å². The van der Waals surface area contributed by atoms with Crippen LogP contribution in [-0.4, -0.2) is 49.0 Å². The number of hydrogen-bond acceptors (Lipinski definition) is 6. The van der Waals surface area contributed by atoms with Gasteiger partial charge in [-0.25, -0.2) is 23.1 Å². The van der Waals surface area contributed by atoms with Crippen LogP contribution in [0, 0.1) is 11.8 Å². The summed E-state index contributed by atoms with van der Waals surface area (Å²) in [6.45, 7) is 7.80. The van der Waals surface area contributed by atoms with Gasteiger partial charge >= 0.3 is 0 Å². The van der Waals surface area contributed by atoms with Gasteiger partial charge in [-0.15, -0.1) is 0 Å². The summed E-state index contributed by atoms with van der Waals surface area (Å²) in [5.41, 5.74) is 9.43. The Morgan fingerprint density at radius 2 is 2.10 bits per heavy atom. The van der Waals surface area contributed by atoms with Crippen molar-refractivity contribution in [3.63, 3.8) is 0 Å². The zero-order valence-corrected chi connectivity index (χ0v) is 18.5. The molecule has 0 saturated heterocycles. The third-order valence-electron chi connectivity index (χ3n) is 4.32. The maximum atomic E-state index is 11.1. The highest BCUT2D eigenvalue weighted by molar-refractivity contribution is 7.88. The minimum atomic E-state index is -3.20. The first-order valence-corrected chi connectivity index (χ1v) is 11.8. The largest absolute Gasteiger partial charge is 0.382 e. The summed E-state index contributed by atoms with van der Waals surface area (Å²) in [4.78, 5) is 8.99. The fourth-order valence-electron chi connectivity index (χ4n) is 2.88. The highest BCUT2D eigenvalue weighted by atomic mass is 32.2. The monoisotopic (exact) mass is 421 g/mol. The average molecular weight is 422 g/mol. The van der Waals surface area contributed by atoms with Gasteiger partial charge < -0.3 is 15.0 Å². The van der Waals surface area contributed by atoms with Gasteiger partial charge in [-0.1, -0.05) is 39.0 Å². The van der Waals surface area contributed by atoms with E-state index in [0.29, 0.717) is 31.1 Å². The lowest BCUT2D eigenvalue weighted by Crippen LogP contribution is -2.26. The second kappa shape index (κ2) is 10.6. The summed E-state index contributed by atoms with van der Waals surface area (Å²) in [6.07, 6.45) is 5.85. The molecule has 9 heteroatoms. The van der Waals surface area contributed by atoms with E-state index in [1.807, 2.05) is 4.57 Å². The van der Waals surface area contributed by atoms with Crippen LogP contribution in [0.1, 0.15) is 57.2 Å². The minimum Gasteiger partial charge on any atom is -0.382 e. The van der Waals surface area contributed by atoms with Crippen LogP contribution in [0.5, 0.6) is 0 Å². The summed E-state index contributed by atoms with van der Waals surface area (Å²) >= 11 is 0. The molecule has 0 spiro atoms. The van der Waals surface area contributed by atoms with E-state index < -0.39 is 10.0 Å². The van der Waals surface area contributed by atoms with Crippen molar-refractivity contribution in [3.05, 3.63) is 17.6 Å². The molecule has 0 saturated carbocycles. The molecule has 0 fully saturated rings.